The summed E-state index contributed by atoms with van der Waals surface area (Å²) < 4.78 is 11.9. The molecule has 124 valence electrons. The van der Waals surface area contributed by atoms with Crippen molar-refractivity contribution >= 4 is 6.03 Å². The molecule has 1 spiro atoms. The van der Waals surface area contributed by atoms with Crippen molar-refractivity contribution in [3.05, 3.63) is 42.0 Å². The highest BCUT2D eigenvalue weighted by atomic mass is 16.5. The van der Waals surface area contributed by atoms with Crippen molar-refractivity contribution in [3.63, 3.8) is 0 Å². The van der Waals surface area contributed by atoms with E-state index in [0.29, 0.717) is 32.8 Å². The summed E-state index contributed by atoms with van der Waals surface area (Å²) in [5.41, 5.74) is 1.62. The average Bonchev–Trinajstić information content (AvgIpc) is 2.69. The minimum atomic E-state index is -0.356. The van der Waals surface area contributed by atoms with Crippen molar-refractivity contribution in [3.8, 4) is 5.75 Å². The van der Waals surface area contributed by atoms with Gasteiger partial charge in [-0.05, 0) is 13.0 Å². The van der Waals surface area contributed by atoms with Gasteiger partial charge in [0.05, 0.1) is 26.3 Å². The molecule has 0 unspecified atom stereocenters. The van der Waals surface area contributed by atoms with Gasteiger partial charge in [0.2, 0.25) is 0 Å². The molecule has 0 aliphatic carbocycles. The van der Waals surface area contributed by atoms with E-state index in [1.165, 1.54) is 0 Å². The predicted molar refractivity (Wildman–Crippen MR) is 88.5 cm³/mol. The lowest BCUT2D eigenvalue weighted by molar-refractivity contribution is -0.0534. The topological polar surface area (TPSA) is 50.8 Å². The Bertz CT molecular complexity index is 594. The van der Waals surface area contributed by atoms with E-state index in [9.17, 15) is 4.79 Å². The van der Waals surface area contributed by atoms with Crippen molar-refractivity contribution in [1.82, 2.24) is 10.2 Å². The fourth-order valence-corrected chi connectivity index (χ4v) is 3.09. The Balaban J connectivity index is 1.85. The first-order chi connectivity index (χ1) is 11.1. The maximum Gasteiger partial charge on any atom is 0.318 e. The molecule has 2 amide bonds. The lowest BCUT2D eigenvalue weighted by Crippen LogP contribution is -2.52. The Morgan fingerprint density at radius 3 is 2.83 bits per heavy atom. The van der Waals surface area contributed by atoms with Crippen LogP contribution >= 0.6 is 0 Å². The number of benzene rings is 1. The summed E-state index contributed by atoms with van der Waals surface area (Å²) in [7, 11) is 0. The number of carbonyl (C=O) groups is 1. The number of amides is 2. The number of urea groups is 1. The normalized spacial score (nSPS) is 19.4. The van der Waals surface area contributed by atoms with Crippen molar-refractivity contribution in [2.45, 2.75) is 31.9 Å². The fourth-order valence-electron chi connectivity index (χ4n) is 3.09. The quantitative estimate of drug-likeness (QED) is 0.854. The monoisotopic (exact) mass is 316 g/mol. The number of hydrogen-bond donors (Lipinski definition) is 1. The number of para-hydroxylation sites is 1. The van der Waals surface area contributed by atoms with E-state index in [0.717, 1.165) is 29.7 Å². The van der Waals surface area contributed by atoms with Crippen molar-refractivity contribution in [2.75, 3.05) is 26.3 Å². The molecule has 5 heteroatoms. The lowest BCUT2D eigenvalue weighted by Gasteiger charge is -2.38. The Morgan fingerprint density at radius 1 is 1.35 bits per heavy atom. The Hall–Kier alpha value is -2.01. The smallest absolute Gasteiger partial charge is 0.318 e. The summed E-state index contributed by atoms with van der Waals surface area (Å²) in [5, 5.41) is 2.93. The average molecular weight is 316 g/mol. The van der Waals surface area contributed by atoms with Gasteiger partial charge in [0.1, 0.15) is 11.4 Å². The molecule has 2 heterocycles. The Labute approximate surface area is 137 Å². The van der Waals surface area contributed by atoms with E-state index in [1.807, 2.05) is 36.1 Å². The second kappa shape index (κ2) is 6.62. The van der Waals surface area contributed by atoms with Crippen LogP contribution in [-0.4, -0.2) is 42.8 Å². The minimum absolute atomic E-state index is 0.0702. The van der Waals surface area contributed by atoms with Gasteiger partial charge in [-0.25, -0.2) is 4.79 Å². The van der Waals surface area contributed by atoms with Gasteiger partial charge in [0.25, 0.3) is 0 Å². The summed E-state index contributed by atoms with van der Waals surface area (Å²) in [6, 6.07) is 7.89. The van der Waals surface area contributed by atoms with Crippen LogP contribution in [0.3, 0.4) is 0 Å². The van der Waals surface area contributed by atoms with Gasteiger partial charge in [0, 0.05) is 24.9 Å². The molecule has 1 N–H and O–H groups in total. The molecule has 0 aromatic heterocycles. The molecule has 1 aromatic carbocycles. The third-order valence-electron chi connectivity index (χ3n) is 4.37. The summed E-state index contributed by atoms with van der Waals surface area (Å²) in [5.74, 6) is 0.879. The van der Waals surface area contributed by atoms with Gasteiger partial charge in [0.15, 0.2) is 0 Å². The van der Waals surface area contributed by atoms with Crippen LogP contribution in [0.15, 0.2) is 36.4 Å². The number of hydrogen-bond acceptors (Lipinski definition) is 3. The van der Waals surface area contributed by atoms with Gasteiger partial charge in [-0.2, -0.15) is 0 Å². The van der Waals surface area contributed by atoms with Crippen molar-refractivity contribution in [1.29, 1.82) is 0 Å². The predicted octanol–water partition coefficient (Wildman–Crippen LogP) is 2.72. The summed E-state index contributed by atoms with van der Waals surface area (Å²) in [6.45, 7) is 8.71. The standard InChI is InChI=1S/C18H24N2O3/c1-14(2)11-19-17(21)20-12-15-5-3-4-6-16(15)23-18(13-20)7-9-22-10-8-18/h3-6H,1,7-13H2,2H3,(H,19,21). The van der Waals surface area contributed by atoms with Crippen LogP contribution in [0.5, 0.6) is 5.75 Å². The molecule has 2 aliphatic rings. The van der Waals surface area contributed by atoms with Crippen LogP contribution < -0.4 is 10.1 Å². The van der Waals surface area contributed by atoms with E-state index >= 15 is 0 Å². The van der Waals surface area contributed by atoms with Crippen LogP contribution in [0.25, 0.3) is 0 Å². The van der Waals surface area contributed by atoms with Gasteiger partial charge in [-0.1, -0.05) is 30.4 Å². The maximum absolute atomic E-state index is 12.6. The van der Waals surface area contributed by atoms with E-state index in [1.54, 1.807) is 0 Å². The molecule has 0 bridgehead atoms. The van der Waals surface area contributed by atoms with Crippen LogP contribution in [0.1, 0.15) is 25.3 Å². The first-order valence-electron chi connectivity index (χ1n) is 8.10. The number of fused-ring (bicyclic) bond motifs is 1. The molecule has 5 nitrogen and oxygen atoms in total. The van der Waals surface area contributed by atoms with E-state index in [-0.39, 0.29) is 11.6 Å². The molecule has 23 heavy (non-hydrogen) atoms. The highest BCUT2D eigenvalue weighted by Gasteiger charge is 2.40. The number of ether oxygens (including phenoxy) is 2. The zero-order valence-electron chi connectivity index (χ0n) is 13.6. The van der Waals surface area contributed by atoms with Crippen LogP contribution in [0, 0.1) is 0 Å². The van der Waals surface area contributed by atoms with Gasteiger partial charge in [-0.15, -0.1) is 0 Å². The summed E-state index contributed by atoms with van der Waals surface area (Å²) in [6.07, 6.45) is 1.59. The zero-order valence-corrected chi connectivity index (χ0v) is 13.6. The van der Waals surface area contributed by atoms with Crippen molar-refractivity contribution in [2.24, 2.45) is 0 Å². The number of nitrogens with one attached hydrogen (secondary N) is 1. The van der Waals surface area contributed by atoms with Crippen LogP contribution in [-0.2, 0) is 11.3 Å². The lowest BCUT2D eigenvalue weighted by atomic mass is 9.93. The maximum atomic E-state index is 12.6. The second-order valence-electron chi connectivity index (χ2n) is 6.48. The summed E-state index contributed by atoms with van der Waals surface area (Å²) in [4.78, 5) is 14.4. The van der Waals surface area contributed by atoms with Crippen molar-refractivity contribution < 1.29 is 14.3 Å². The van der Waals surface area contributed by atoms with E-state index < -0.39 is 0 Å². The first-order valence-corrected chi connectivity index (χ1v) is 8.10. The fraction of sp³-hybridized carbons (Fsp3) is 0.500. The first kappa shape index (κ1) is 15.9. The number of carbonyl (C=O) groups excluding carboxylic acids is 1. The molecule has 1 saturated heterocycles. The molecular weight excluding hydrogens is 292 g/mol. The number of nitrogens with zero attached hydrogens (tertiary/aromatic N) is 1. The van der Waals surface area contributed by atoms with E-state index in [4.69, 9.17) is 9.47 Å². The molecular formula is C18H24N2O3. The minimum Gasteiger partial charge on any atom is -0.485 e. The molecule has 0 saturated carbocycles. The molecule has 1 fully saturated rings. The van der Waals surface area contributed by atoms with Crippen LogP contribution in [0.2, 0.25) is 0 Å². The second-order valence-corrected chi connectivity index (χ2v) is 6.48. The SMILES string of the molecule is C=C(C)CNC(=O)N1Cc2ccccc2OC2(CCOCC2)C1. The molecule has 3 rings (SSSR count). The van der Waals surface area contributed by atoms with Gasteiger partial charge < -0.3 is 19.7 Å². The van der Waals surface area contributed by atoms with Crippen LogP contribution in [0.4, 0.5) is 4.79 Å². The molecule has 0 atom stereocenters. The van der Waals surface area contributed by atoms with E-state index in [2.05, 4.69) is 11.9 Å². The highest BCUT2D eigenvalue weighted by Crippen LogP contribution is 2.34. The third kappa shape index (κ3) is 3.67. The van der Waals surface area contributed by atoms with Gasteiger partial charge >= 0.3 is 6.03 Å². The summed E-state index contributed by atoms with van der Waals surface area (Å²) >= 11 is 0. The zero-order chi connectivity index (χ0) is 16.3. The Kier molecular flexibility index (Phi) is 4.57. The third-order valence-corrected chi connectivity index (χ3v) is 4.37. The molecule has 1 aromatic rings. The number of rotatable bonds is 2. The highest BCUT2D eigenvalue weighted by molar-refractivity contribution is 5.74. The molecule has 2 aliphatic heterocycles. The molecule has 0 radical (unpaired) electrons. The Morgan fingerprint density at radius 2 is 2.09 bits per heavy atom. The largest absolute Gasteiger partial charge is 0.485 e. The van der Waals surface area contributed by atoms with Gasteiger partial charge in [-0.3, -0.25) is 0 Å².